The Morgan fingerprint density at radius 3 is 2.86 bits per heavy atom. The third kappa shape index (κ3) is 3.86. The number of carbonyl (C=O) groups is 1. The Bertz CT molecular complexity index is 714. The van der Waals surface area contributed by atoms with Gasteiger partial charge in [0.15, 0.2) is 6.61 Å². The smallest absolute Gasteiger partial charge is 0.262 e. The van der Waals surface area contributed by atoms with Gasteiger partial charge in [-0.3, -0.25) is 4.79 Å². The first-order valence-corrected chi connectivity index (χ1v) is 7.90. The van der Waals surface area contributed by atoms with Gasteiger partial charge in [0.2, 0.25) is 0 Å². The summed E-state index contributed by atoms with van der Waals surface area (Å²) >= 11 is 1.32. The summed E-state index contributed by atoms with van der Waals surface area (Å²) in [4.78, 5) is 12.0. The second-order valence-electron chi connectivity index (χ2n) is 5.31. The second-order valence-corrected chi connectivity index (χ2v) is 6.22. The van der Waals surface area contributed by atoms with Crippen LogP contribution in [0.1, 0.15) is 36.5 Å². The van der Waals surface area contributed by atoms with Gasteiger partial charge in [-0.15, -0.1) is 11.3 Å². The zero-order valence-electron chi connectivity index (χ0n) is 12.8. The van der Waals surface area contributed by atoms with Crippen molar-refractivity contribution in [2.75, 3.05) is 11.9 Å². The van der Waals surface area contributed by atoms with Crippen LogP contribution in [0.2, 0.25) is 0 Å². The quantitative estimate of drug-likeness (QED) is 0.905. The van der Waals surface area contributed by atoms with Crippen LogP contribution in [0.3, 0.4) is 0 Å². The number of ether oxygens (including phenoxy) is 1. The Kier molecular flexibility index (Phi) is 5.18. The van der Waals surface area contributed by atoms with Crippen LogP contribution in [0, 0.1) is 18.3 Å². The highest BCUT2D eigenvalue weighted by Crippen LogP contribution is 2.27. The molecule has 4 nitrogen and oxygen atoms in total. The van der Waals surface area contributed by atoms with Crippen LogP contribution < -0.4 is 10.1 Å². The van der Waals surface area contributed by atoms with Crippen molar-refractivity contribution in [3.63, 3.8) is 0 Å². The minimum absolute atomic E-state index is 0.0774. The van der Waals surface area contributed by atoms with E-state index in [1.54, 1.807) is 11.4 Å². The molecule has 2 rings (SSSR count). The molecule has 0 spiro atoms. The molecule has 0 radical (unpaired) electrons. The van der Waals surface area contributed by atoms with E-state index in [9.17, 15) is 4.79 Å². The first-order chi connectivity index (χ1) is 10.5. The van der Waals surface area contributed by atoms with E-state index in [1.165, 1.54) is 11.3 Å². The molecule has 5 heteroatoms. The van der Waals surface area contributed by atoms with Crippen molar-refractivity contribution in [2.24, 2.45) is 0 Å². The molecule has 22 heavy (non-hydrogen) atoms. The Hall–Kier alpha value is -2.32. The zero-order chi connectivity index (χ0) is 16.1. The lowest BCUT2D eigenvalue weighted by atomic mass is 10.0. The Labute approximate surface area is 134 Å². The lowest BCUT2D eigenvalue weighted by Crippen LogP contribution is -2.20. The predicted octanol–water partition coefficient (Wildman–Crippen LogP) is 4.07. The van der Waals surface area contributed by atoms with Gasteiger partial charge >= 0.3 is 0 Å². The fourth-order valence-corrected chi connectivity index (χ4v) is 2.80. The van der Waals surface area contributed by atoms with E-state index < -0.39 is 0 Å². The van der Waals surface area contributed by atoms with Crippen molar-refractivity contribution in [3.05, 3.63) is 46.3 Å². The summed E-state index contributed by atoms with van der Waals surface area (Å²) in [5.74, 6) is 0.785. The summed E-state index contributed by atoms with van der Waals surface area (Å²) in [7, 11) is 0. The number of benzene rings is 1. The number of nitrogens with zero attached hydrogens (tertiary/aromatic N) is 1. The average Bonchev–Trinajstić information content (AvgIpc) is 2.92. The number of nitrogens with one attached hydrogen (secondary N) is 1. The molecule has 1 amide bonds. The molecular weight excluding hydrogens is 296 g/mol. The number of hydrogen-bond donors (Lipinski definition) is 1. The van der Waals surface area contributed by atoms with E-state index in [-0.39, 0.29) is 12.5 Å². The van der Waals surface area contributed by atoms with Gasteiger partial charge in [0.05, 0.1) is 5.56 Å². The summed E-state index contributed by atoms with van der Waals surface area (Å²) in [5.41, 5.74) is 2.63. The Morgan fingerprint density at radius 2 is 2.18 bits per heavy atom. The standard InChI is InChI=1S/C17H18N2O2S/c1-11(2)14-5-4-12(3)8-15(14)21-10-16(20)19-17-13(9-18)6-7-22-17/h4-8,11H,10H2,1-3H3,(H,19,20). The summed E-state index contributed by atoms with van der Waals surface area (Å²) in [6, 6.07) is 9.72. The summed E-state index contributed by atoms with van der Waals surface area (Å²) in [5, 5.41) is 14.0. The highest BCUT2D eigenvalue weighted by atomic mass is 32.1. The van der Waals surface area contributed by atoms with Gasteiger partial charge in [-0.25, -0.2) is 0 Å². The fraction of sp³-hybridized carbons (Fsp3) is 0.294. The Balaban J connectivity index is 2.03. The normalized spacial score (nSPS) is 10.3. The molecule has 0 fully saturated rings. The highest BCUT2D eigenvalue weighted by Gasteiger charge is 2.12. The topological polar surface area (TPSA) is 62.1 Å². The van der Waals surface area contributed by atoms with E-state index >= 15 is 0 Å². The minimum Gasteiger partial charge on any atom is -0.483 e. The van der Waals surface area contributed by atoms with Gasteiger partial charge in [0.1, 0.15) is 16.8 Å². The lowest BCUT2D eigenvalue weighted by Gasteiger charge is -2.14. The van der Waals surface area contributed by atoms with Gasteiger partial charge in [-0.05, 0) is 41.5 Å². The van der Waals surface area contributed by atoms with Crippen LogP contribution in [0.25, 0.3) is 0 Å². The van der Waals surface area contributed by atoms with E-state index in [0.29, 0.717) is 16.5 Å². The average molecular weight is 314 g/mol. The molecule has 0 aliphatic carbocycles. The second kappa shape index (κ2) is 7.10. The number of carbonyl (C=O) groups excluding carboxylic acids is 1. The molecule has 1 aromatic carbocycles. The SMILES string of the molecule is Cc1ccc(C(C)C)c(OCC(=O)Nc2sccc2C#N)c1. The van der Waals surface area contributed by atoms with Gasteiger partial charge in [-0.2, -0.15) is 5.26 Å². The van der Waals surface area contributed by atoms with Gasteiger partial charge < -0.3 is 10.1 Å². The fourth-order valence-electron chi connectivity index (χ4n) is 2.04. The van der Waals surface area contributed by atoms with Crippen molar-refractivity contribution in [1.82, 2.24) is 0 Å². The van der Waals surface area contributed by atoms with Crippen molar-refractivity contribution in [2.45, 2.75) is 26.7 Å². The molecule has 0 aliphatic heterocycles. The Morgan fingerprint density at radius 1 is 1.41 bits per heavy atom. The maximum absolute atomic E-state index is 12.0. The summed E-state index contributed by atoms with van der Waals surface area (Å²) < 4.78 is 5.67. The highest BCUT2D eigenvalue weighted by molar-refractivity contribution is 7.14. The maximum atomic E-state index is 12.0. The van der Waals surface area contributed by atoms with E-state index in [2.05, 4.69) is 19.2 Å². The van der Waals surface area contributed by atoms with E-state index in [4.69, 9.17) is 10.00 Å². The summed E-state index contributed by atoms with van der Waals surface area (Å²) in [6.45, 7) is 6.08. The molecule has 0 saturated carbocycles. The number of anilines is 1. The van der Waals surface area contributed by atoms with Crippen molar-refractivity contribution >= 4 is 22.2 Å². The predicted molar refractivity (Wildman–Crippen MR) is 88.4 cm³/mol. The van der Waals surface area contributed by atoms with E-state index in [0.717, 1.165) is 16.9 Å². The molecule has 1 aromatic heterocycles. The largest absolute Gasteiger partial charge is 0.483 e. The summed E-state index contributed by atoms with van der Waals surface area (Å²) in [6.07, 6.45) is 0. The molecular formula is C17H18N2O2S. The van der Waals surface area contributed by atoms with Crippen molar-refractivity contribution in [3.8, 4) is 11.8 Å². The van der Waals surface area contributed by atoms with Crippen LogP contribution in [0.15, 0.2) is 29.6 Å². The van der Waals surface area contributed by atoms with Gasteiger partial charge in [-0.1, -0.05) is 26.0 Å². The number of thiophene rings is 1. The van der Waals surface area contributed by atoms with E-state index in [1.807, 2.05) is 31.2 Å². The molecule has 0 saturated heterocycles. The monoisotopic (exact) mass is 314 g/mol. The number of aryl methyl sites for hydroxylation is 1. The number of hydrogen-bond acceptors (Lipinski definition) is 4. The molecule has 1 N–H and O–H groups in total. The number of amides is 1. The first kappa shape index (κ1) is 16.1. The third-order valence-electron chi connectivity index (χ3n) is 3.19. The maximum Gasteiger partial charge on any atom is 0.262 e. The van der Waals surface area contributed by atoms with Gasteiger partial charge in [0.25, 0.3) is 5.91 Å². The zero-order valence-corrected chi connectivity index (χ0v) is 13.7. The first-order valence-electron chi connectivity index (χ1n) is 7.02. The van der Waals surface area contributed by atoms with Crippen LogP contribution in [0.5, 0.6) is 5.75 Å². The molecule has 0 atom stereocenters. The molecule has 1 heterocycles. The van der Waals surface area contributed by atoms with Gasteiger partial charge in [0, 0.05) is 0 Å². The third-order valence-corrected chi connectivity index (χ3v) is 4.02. The molecule has 0 aliphatic rings. The van der Waals surface area contributed by atoms with Crippen LogP contribution in [0.4, 0.5) is 5.00 Å². The molecule has 0 bridgehead atoms. The van der Waals surface area contributed by atoms with Crippen LogP contribution >= 0.6 is 11.3 Å². The van der Waals surface area contributed by atoms with Crippen LogP contribution in [-0.2, 0) is 4.79 Å². The number of rotatable bonds is 5. The van der Waals surface area contributed by atoms with Crippen LogP contribution in [-0.4, -0.2) is 12.5 Å². The molecule has 0 unspecified atom stereocenters. The lowest BCUT2D eigenvalue weighted by molar-refractivity contribution is -0.118. The molecule has 2 aromatic rings. The number of nitriles is 1. The van der Waals surface area contributed by atoms with Crippen molar-refractivity contribution in [1.29, 1.82) is 5.26 Å². The van der Waals surface area contributed by atoms with Crippen molar-refractivity contribution < 1.29 is 9.53 Å². The minimum atomic E-state index is -0.268. The molecule has 114 valence electrons.